The molecule has 0 aliphatic heterocycles. The minimum atomic E-state index is -0.951. The fourth-order valence-corrected chi connectivity index (χ4v) is 1.93. The van der Waals surface area contributed by atoms with Gasteiger partial charge in [0, 0.05) is 18.6 Å². The number of aryl methyl sites for hydroxylation is 2. The van der Waals surface area contributed by atoms with Crippen molar-refractivity contribution in [2.75, 3.05) is 0 Å². The van der Waals surface area contributed by atoms with Gasteiger partial charge in [0.2, 0.25) is 0 Å². The Hall–Kier alpha value is -1.55. The van der Waals surface area contributed by atoms with Crippen molar-refractivity contribution < 1.29 is 9.90 Å². The van der Waals surface area contributed by atoms with E-state index >= 15 is 0 Å². The quantitative estimate of drug-likeness (QED) is 0.756. The molecule has 0 amide bonds. The second kappa shape index (κ2) is 3.24. The molecule has 0 saturated carbocycles. The molecular formula is C10H9ClN2O2. The van der Waals surface area contributed by atoms with E-state index in [0.29, 0.717) is 16.2 Å². The maximum Gasteiger partial charge on any atom is 0.337 e. The largest absolute Gasteiger partial charge is 0.478 e. The molecule has 5 heteroatoms. The minimum absolute atomic E-state index is 0.258. The topological polar surface area (TPSA) is 55.1 Å². The summed E-state index contributed by atoms with van der Waals surface area (Å²) in [6, 6.07) is 1.66. The highest BCUT2D eigenvalue weighted by Gasteiger charge is 2.16. The number of pyridine rings is 1. The lowest BCUT2D eigenvalue weighted by atomic mass is 10.1. The van der Waals surface area contributed by atoms with Crippen LogP contribution < -0.4 is 0 Å². The van der Waals surface area contributed by atoms with Crippen LogP contribution in [0.1, 0.15) is 15.9 Å². The molecule has 0 aromatic carbocycles. The van der Waals surface area contributed by atoms with Crippen molar-refractivity contribution in [3.63, 3.8) is 0 Å². The first-order chi connectivity index (χ1) is 7.00. The molecule has 0 atom stereocenters. The van der Waals surface area contributed by atoms with E-state index in [1.165, 1.54) is 0 Å². The van der Waals surface area contributed by atoms with Gasteiger partial charge in [-0.15, -0.1) is 0 Å². The number of aromatic nitrogens is 2. The Labute approximate surface area is 91.1 Å². The van der Waals surface area contributed by atoms with Gasteiger partial charge in [0.1, 0.15) is 10.8 Å². The van der Waals surface area contributed by atoms with E-state index in [2.05, 4.69) is 4.98 Å². The van der Waals surface area contributed by atoms with Gasteiger partial charge in [0.15, 0.2) is 0 Å². The van der Waals surface area contributed by atoms with Crippen LogP contribution in [0.3, 0.4) is 0 Å². The number of carbonyl (C=O) groups is 1. The van der Waals surface area contributed by atoms with Gasteiger partial charge in [0.05, 0.1) is 5.56 Å². The van der Waals surface area contributed by atoms with Crippen LogP contribution in [0.5, 0.6) is 0 Å². The number of aromatic carboxylic acids is 1. The highest BCUT2D eigenvalue weighted by Crippen LogP contribution is 2.25. The normalized spacial score (nSPS) is 10.9. The van der Waals surface area contributed by atoms with Crippen LogP contribution in [0.25, 0.3) is 11.0 Å². The van der Waals surface area contributed by atoms with Gasteiger partial charge in [-0.25, -0.2) is 9.78 Å². The summed E-state index contributed by atoms with van der Waals surface area (Å²) in [5, 5.41) is 10.0. The summed E-state index contributed by atoms with van der Waals surface area (Å²) in [4.78, 5) is 15.1. The molecule has 78 valence electrons. The third kappa shape index (κ3) is 1.47. The second-order valence-electron chi connectivity index (χ2n) is 3.42. The summed E-state index contributed by atoms with van der Waals surface area (Å²) >= 11 is 5.81. The van der Waals surface area contributed by atoms with Gasteiger partial charge >= 0.3 is 5.97 Å². The summed E-state index contributed by atoms with van der Waals surface area (Å²) in [6.07, 6.45) is 1.54. The molecule has 2 aromatic rings. The molecule has 15 heavy (non-hydrogen) atoms. The molecule has 2 rings (SSSR count). The number of carboxylic acids is 1. The lowest BCUT2D eigenvalue weighted by Crippen LogP contribution is -1.95. The zero-order valence-electron chi connectivity index (χ0n) is 8.28. The Kier molecular flexibility index (Phi) is 2.16. The van der Waals surface area contributed by atoms with E-state index < -0.39 is 5.97 Å². The monoisotopic (exact) mass is 224 g/mol. The Morgan fingerprint density at radius 2 is 2.27 bits per heavy atom. The third-order valence-electron chi connectivity index (χ3n) is 2.32. The Bertz CT molecular complexity index is 560. The zero-order chi connectivity index (χ0) is 11.2. The van der Waals surface area contributed by atoms with Crippen molar-refractivity contribution >= 4 is 28.6 Å². The van der Waals surface area contributed by atoms with Crippen molar-refractivity contribution in [2.45, 2.75) is 6.92 Å². The minimum Gasteiger partial charge on any atom is -0.478 e. The highest BCUT2D eigenvalue weighted by atomic mass is 35.5. The van der Waals surface area contributed by atoms with Gasteiger partial charge in [-0.1, -0.05) is 11.6 Å². The molecule has 1 N–H and O–H groups in total. The van der Waals surface area contributed by atoms with Crippen LogP contribution in [-0.2, 0) is 7.05 Å². The zero-order valence-corrected chi connectivity index (χ0v) is 9.04. The van der Waals surface area contributed by atoms with Crippen LogP contribution in [0.2, 0.25) is 5.15 Å². The molecule has 0 spiro atoms. The van der Waals surface area contributed by atoms with E-state index in [4.69, 9.17) is 16.7 Å². The molecular weight excluding hydrogens is 216 g/mol. The molecule has 4 nitrogen and oxygen atoms in total. The predicted octanol–water partition coefficient (Wildman–Crippen LogP) is 2.23. The Morgan fingerprint density at radius 1 is 1.60 bits per heavy atom. The van der Waals surface area contributed by atoms with Crippen LogP contribution in [-0.4, -0.2) is 20.6 Å². The number of halogens is 1. The van der Waals surface area contributed by atoms with Gasteiger partial charge < -0.3 is 9.67 Å². The lowest BCUT2D eigenvalue weighted by Gasteiger charge is -1.99. The van der Waals surface area contributed by atoms with Crippen molar-refractivity contribution in [1.29, 1.82) is 0 Å². The smallest absolute Gasteiger partial charge is 0.337 e. The van der Waals surface area contributed by atoms with E-state index in [9.17, 15) is 4.79 Å². The molecule has 0 aliphatic carbocycles. The fraction of sp³-hybridized carbons (Fsp3) is 0.200. The standard InChI is InChI=1S/C10H9ClN2O2/c1-5-3-7(11)12-9-8(5)6(10(14)15)4-13(9)2/h3-4H,1-2H3,(H,14,15). The van der Waals surface area contributed by atoms with Gasteiger partial charge in [-0.2, -0.15) is 0 Å². The van der Waals surface area contributed by atoms with E-state index in [1.807, 2.05) is 6.92 Å². The molecule has 0 aliphatic rings. The summed E-state index contributed by atoms with van der Waals surface area (Å²) in [6.45, 7) is 1.82. The summed E-state index contributed by atoms with van der Waals surface area (Å²) < 4.78 is 1.66. The van der Waals surface area contributed by atoms with Gasteiger partial charge in [0.25, 0.3) is 0 Å². The highest BCUT2D eigenvalue weighted by molar-refractivity contribution is 6.30. The maximum atomic E-state index is 11.0. The summed E-state index contributed by atoms with van der Waals surface area (Å²) in [5.74, 6) is -0.951. The average molecular weight is 225 g/mol. The van der Waals surface area contributed by atoms with E-state index in [1.54, 1.807) is 23.9 Å². The van der Waals surface area contributed by atoms with E-state index in [0.717, 1.165) is 5.56 Å². The lowest BCUT2D eigenvalue weighted by molar-refractivity contribution is 0.0699. The average Bonchev–Trinajstić information content (AvgIpc) is 2.44. The summed E-state index contributed by atoms with van der Waals surface area (Å²) in [7, 11) is 1.75. The van der Waals surface area contributed by atoms with Crippen LogP contribution in [0.4, 0.5) is 0 Å². The molecule has 2 aromatic heterocycles. The van der Waals surface area contributed by atoms with Crippen LogP contribution >= 0.6 is 11.6 Å². The number of hydrogen-bond acceptors (Lipinski definition) is 2. The fourth-order valence-electron chi connectivity index (χ4n) is 1.69. The van der Waals surface area contributed by atoms with Gasteiger partial charge in [-0.05, 0) is 18.6 Å². The number of rotatable bonds is 1. The molecule has 0 fully saturated rings. The first kappa shape index (κ1) is 9.98. The van der Waals surface area contributed by atoms with Crippen molar-refractivity contribution in [3.8, 4) is 0 Å². The molecule has 0 unspecified atom stereocenters. The van der Waals surface area contributed by atoms with Crippen LogP contribution in [0, 0.1) is 6.92 Å². The van der Waals surface area contributed by atoms with Crippen molar-refractivity contribution in [3.05, 3.63) is 28.5 Å². The van der Waals surface area contributed by atoms with Crippen molar-refractivity contribution in [2.24, 2.45) is 7.05 Å². The first-order valence-electron chi connectivity index (χ1n) is 4.36. The SMILES string of the molecule is Cc1cc(Cl)nc2c1c(C(=O)O)cn2C. The molecule has 0 bridgehead atoms. The number of hydrogen-bond donors (Lipinski definition) is 1. The van der Waals surface area contributed by atoms with Gasteiger partial charge in [-0.3, -0.25) is 0 Å². The number of fused-ring (bicyclic) bond motifs is 1. The molecule has 0 saturated heterocycles. The van der Waals surface area contributed by atoms with E-state index in [-0.39, 0.29) is 5.56 Å². The summed E-state index contributed by atoms with van der Waals surface area (Å²) in [5.41, 5.74) is 1.68. The van der Waals surface area contributed by atoms with Crippen molar-refractivity contribution in [1.82, 2.24) is 9.55 Å². The Morgan fingerprint density at radius 3 is 2.87 bits per heavy atom. The molecule has 2 heterocycles. The van der Waals surface area contributed by atoms with Crippen LogP contribution in [0.15, 0.2) is 12.3 Å². The third-order valence-corrected chi connectivity index (χ3v) is 2.52. The number of nitrogens with zero attached hydrogens (tertiary/aromatic N) is 2. The second-order valence-corrected chi connectivity index (χ2v) is 3.81. The maximum absolute atomic E-state index is 11.0. The predicted molar refractivity (Wildman–Crippen MR) is 57.4 cm³/mol. The Balaban J connectivity index is 2.93. The molecule has 0 radical (unpaired) electrons. The number of carboxylic acid groups (broad SMARTS) is 1. The first-order valence-corrected chi connectivity index (χ1v) is 4.74.